The predicted molar refractivity (Wildman–Crippen MR) is 91.8 cm³/mol. The summed E-state index contributed by atoms with van der Waals surface area (Å²) in [7, 11) is 0. The van der Waals surface area contributed by atoms with Crippen LogP contribution in [-0.4, -0.2) is 29.0 Å². The Balaban J connectivity index is 2.40. The molecule has 1 aliphatic heterocycles. The topological polar surface area (TPSA) is 54.5 Å². The molecule has 1 saturated heterocycles. The minimum atomic E-state index is -0.278. The average molecular weight is 323 g/mol. The molecule has 0 saturated carbocycles. The number of carbonyl (C=O) groups excluding carboxylic acids is 3. The molecule has 1 unspecified atom stereocenters. The molecular formula is C19H33NO3. The van der Waals surface area contributed by atoms with E-state index in [0.717, 1.165) is 25.7 Å². The van der Waals surface area contributed by atoms with Gasteiger partial charge in [-0.05, 0) is 18.3 Å². The van der Waals surface area contributed by atoms with Crippen molar-refractivity contribution in [2.45, 2.75) is 80.1 Å². The molecule has 1 aliphatic rings. The molecule has 0 N–H and O–H groups in total. The molecule has 0 aromatic heterocycles. The SMILES string of the molecule is CCC(C)(C)C1CC(=O)N(CCCCCC(=O)C(C)(C)C)C1=O. The minimum Gasteiger partial charge on any atom is -0.299 e. The summed E-state index contributed by atoms with van der Waals surface area (Å²) in [6.07, 6.45) is 4.31. The number of likely N-dealkylation sites (tertiary alicyclic amines) is 1. The molecule has 0 bridgehead atoms. The van der Waals surface area contributed by atoms with E-state index < -0.39 is 0 Å². The smallest absolute Gasteiger partial charge is 0.233 e. The van der Waals surface area contributed by atoms with Crippen LogP contribution < -0.4 is 0 Å². The molecule has 0 aliphatic carbocycles. The molecule has 0 aromatic rings. The average Bonchev–Trinajstić information content (AvgIpc) is 2.73. The van der Waals surface area contributed by atoms with Crippen molar-refractivity contribution in [1.29, 1.82) is 0 Å². The Morgan fingerprint density at radius 1 is 1.09 bits per heavy atom. The van der Waals surface area contributed by atoms with Gasteiger partial charge in [0.1, 0.15) is 5.78 Å². The van der Waals surface area contributed by atoms with E-state index in [-0.39, 0.29) is 34.3 Å². The van der Waals surface area contributed by atoms with Gasteiger partial charge in [-0.25, -0.2) is 0 Å². The number of unbranched alkanes of at least 4 members (excludes halogenated alkanes) is 2. The van der Waals surface area contributed by atoms with Crippen molar-refractivity contribution < 1.29 is 14.4 Å². The second-order valence-electron chi connectivity index (χ2n) is 8.47. The maximum Gasteiger partial charge on any atom is 0.233 e. The van der Waals surface area contributed by atoms with Crippen molar-refractivity contribution in [1.82, 2.24) is 4.90 Å². The number of amides is 2. The van der Waals surface area contributed by atoms with Gasteiger partial charge in [0.2, 0.25) is 11.8 Å². The number of ketones is 1. The first-order valence-corrected chi connectivity index (χ1v) is 8.88. The van der Waals surface area contributed by atoms with Gasteiger partial charge in [-0.15, -0.1) is 0 Å². The fraction of sp³-hybridized carbons (Fsp3) is 0.842. The standard InChI is InChI=1S/C19H33NO3/c1-7-19(5,6)14-13-16(22)20(17(14)23)12-10-8-9-11-15(21)18(2,3)4/h14H,7-13H2,1-6H3. The van der Waals surface area contributed by atoms with E-state index in [9.17, 15) is 14.4 Å². The Kier molecular flexibility index (Phi) is 6.55. The second-order valence-corrected chi connectivity index (χ2v) is 8.47. The summed E-state index contributed by atoms with van der Waals surface area (Å²) in [4.78, 5) is 37.9. The highest BCUT2D eigenvalue weighted by Gasteiger charge is 2.45. The van der Waals surface area contributed by atoms with Crippen LogP contribution in [0.25, 0.3) is 0 Å². The third-order valence-electron chi connectivity index (χ3n) is 5.22. The van der Waals surface area contributed by atoms with Gasteiger partial charge >= 0.3 is 0 Å². The van der Waals surface area contributed by atoms with Crippen LogP contribution in [0.5, 0.6) is 0 Å². The van der Waals surface area contributed by atoms with Crippen LogP contribution in [0.2, 0.25) is 0 Å². The molecule has 1 heterocycles. The lowest BCUT2D eigenvalue weighted by Crippen LogP contribution is -2.35. The molecule has 4 heteroatoms. The molecule has 132 valence electrons. The number of nitrogens with zero attached hydrogens (tertiary/aromatic N) is 1. The van der Waals surface area contributed by atoms with E-state index in [1.165, 1.54) is 4.90 Å². The zero-order valence-corrected chi connectivity index (χ0v) is 15.7. The van der Waals surface area contributed by atoms with Crippen molar-refractivity contribution in [3.63, 3.8) is 0 Å². The van der Waals surface area contributed by atoms with Crippen molar-refractivity contribution in [3.8, 4) is 0 Å². The fourth-order valence-corrected chi connectivity index (χ4v) is 2.88. The third kappa shape index (κ3) is 5.15. The summed E-state index contributed by atoms with van der Waals surface area (Å²) in [5.41, 5.74) is -0.402. The van der Waals surface area contributed by atoms with Crippen molar-refractivity contribution >= 4 is 17.6 Å². The molecule has 4 nitrogen and oxygen atoms in total. The highest BCUT2D eigenvalue weighted by molar-refractivity contribution is 6.03. The van der Waals surface area contributed by atoms with Crippen LogP contribution in [0.4, 0.5) is 0 Å². The highest BCUT2D eigenvalue weighted by Crippen LogP contribution is 2.38. The van der Waals surface area contributed by atoms with E-state index in [4.69, 9.17) is 0 Å². The summed E-state index contributed by atoms with van der Waals surface area (Å²) < 4.78 is 0. The lowest BCUT2D eigenvalue weighted by atomic mass is 9.76. The monoisotopic (exact) mass is 323 g/mol. The third-order valence-corrected chi connectivity index (χ3v) is 5.22. The van der Waals surface area contributed by atoms with Crippen molar-refractivity contribution in [3.05, 3.63) is 0 Å². The second kappa shape index (κ2) is 7.59. The van der Waals surface area contributed by atoms with Gasteiger partial charge in [0.15, 0.2) is 0 Å². The number of imide groups is 1. The lowest BCUT2D eigenvalue weighted by Gasteiger charge is -2.28. The highest BCUT2D eigenvalue weighted by atomic mass is 16.2. The molecule has 23 heavy (non-hydrogen) atoms. The largest absolute Gasteiger partial charge is 0.299 e. The van der Waals surface area contributed by atoms with Crippen LogP contribution in [0.15, 0.2) is 0 Å². The molecular weight excluding hydrogens is 290 g/mol. The summed E-state index contributed by atoms with van der Waals surface area (Å²) in [5.74, 6) is 0.0537. The van der Waals surface area contributed by atoms with Gasteiger partial charge in [-0.1, -0.05) is 54.4 Å². The number of hydrogen-bond acceptors (Lipinski definition) is 3. The van der Waals surface area contributed by atoms with Crippen molar-refractivity contribution in [2.24, 2.45) is 16.7 Å². The van der Waals surface area contributed by atoms with Crippen LogP contribution in [0, 0.1) is 16.7 Å². The maximum atomic E-state index is 12.5. The van der Waals surface area contributed by atoms with Crippen LogP contribution in [-0.2, 0) is 14.4 Å². The van der Waals surface area contributed by atoms with E-state index in [1.54, 1.807) is 0 Å². The first-order chi connectivity index (χ1) is 10.5. The van der Waals surface area contributed by atoms with E-state index in [2.05, 4.69) is 20.8 Å². The maximum absolute atomic E-state index is 12.5. The molecule has 0 spiro atoms. The first kappa shape index (κ1) is 19.9. The van der Waals surface area contributed by atoms with Gasteiger partial charge in [-0.3, -0.25) is 19.3 Å². The number of Topliss-reactive ketones (excluding diaryl/α,β-unsaturated/α-hetero) is 1. The Hall–Kier alpha value is -1.19. The van der Waals surface area contributed by atoms with Crippen LogP contribution >= 0.6 is 0 Å². The molecule has 1 atom stereocenters. The molecule has 1 fully saturated rings. The lowest BCUT2D eigenvalue weighted by molar-refractivity contribution is -0.140. The Bertz CT molecular complexity index is 460. The van der Waals surface area contributed by atoms with Gasteiger partial charge in [0, 0.05) is 24.8 Å². The zero-order chi connectivity index (χ0) is 17.8. The quantitative estimate of drug-likeness (QED) is 0.501. The summed E-state index contributed by atoms with van der Waals surface area (Å²) >= 11 is 0. The Morgan fingerprint density at radius 3 is 2.22 bits per heavy atom. The summed E-state index contributed by atoms with van der Waals surface area (Å²) in [6.45, 7) is 12.5. The molecule has 1 rings (SSSR count). The first-order valence-electron chi connectivity index (χ1n) is 8.88. The Morgan fingerprint density at radius 2 is 1.70 bits per heavy atom. The summed E-state index contributed by atoms with van der Waals surface area (Å²) in [6, 6.07) is 0. The number of hydrogen-bond donors (Lipinski definition) is 0. The van der Waals surface area contributed by atoms with Crippen LogP contribution in [0.3, 0.4) is 0 Å². The fourth-order valence-electron chi connectivity index (χ4n) is 2.88. The zero-order valence-electron chi connectivity index (χ0n) is 15.7. The van der Waals surface area contributed by atoms with Gasteiger partial charge in [0.05, 0.1) is 5.92 Å². The molecule has 0 radical (unpaired) electrons. The van der Waals surface area contributed by atoms with Gasteiger partial charge in [0.25, 0.3) is 0 Å². The summed E-state index contributed by atoms with van der Waals surface area (Å²) in [5, 5.41) is 0. The minimum absolute atomic E-state index is 0.00684. The van der Waals surface area contributed by atoms with E-state index in [0.29, 0.717) is 19.4 Å². The molecule has 0 aromatic carbocycles. The molecule has 2 amide bonds. The Labute approximate surface area is 141 Å². The van der Waals surface area contributed by atoms with Gasteiger partial charge in [-0.2, -0.15) is 0 Å². The van der Waals surface area contributed by atoms with Crippen LogP contribution in [0.1, 0.15) is 80.1 Å². The van der Waals surface area contributed by atoms with E-state index >= 15 is 0 Å². The number of carbonyl (C=O) groups is 3. The predicted octanol–water partition coefficient (Wildman–Crippen LogP) is 3.97. The van der Waals surface area contributed by atoms with E-state index in [1.807, 2.05) is 20.8 Å². The van der Waals surface area contributed by atoms with Crippen molar-refractivity contribution in [2.75, 3.05) is 6.54 Å². The number of rotatable bonds is 8. The normalized spacial score (nSPS) is 19.6. The van der Waals surface area contributed by atoms with Gasteiger partial charge < -0.3 is 0 Å².